The second-order valence-corrected chi connectivity index (χ2v) is 4.09. The summed E-state index contributed by atoms with van der Waals surface area (Å²) in [6.45, 7) is 4.36. The smallest absolute Gasteiger partial charge is 0.233 e. The number of rotatable bonds is 4. The molecule has 1 unspecified atom stereocenters. The van der Waals surface area contributed by atoms with Crippen LogP contribution in [-0.4, -0.2) is 42.4 Å². The maximum atomic E-state index is 11.1. The molecule has 1 fully saturated rings. The third-order valence-electron chi connectivity index (χ3n) is 2.92. The van der Waals surface area contributed by atoms with Gasteiger partial charge in [-0.25, -0.2) is 5.84 Å². The van der Waals surface area contributed by atoms with Crippen LogP contribution in [0.2, 0.25) is 0 Å². The Labute approximate surface area is 95.5 Å². The van der Waals surface area contributed by atoms with E-state index in [2.05, 4.69) is 22.6 Å². The maximum Gasteiger partial charge on any atom is 0.233 e. The fourth-order valence-corrected chi connectivity index (χ4v) is 1.82. The molecule has 16 heavy (non-hydrogen) atoms. The van der Waals surface area contributed by atoms with Gasteiger partial charge in [0.25, 0.3) is 0 Å². The van der Waals surface area contributed by atoms with Gasteiger partial charge < -0.3 is 5.32 Å². The first-order valence-corrected chi connectivity index (χ1v) is 5.63. The molecule has 1 aliphatic rings. The number of amides is 2. The van der Waals surface area contributed by atoms with Crippen molar-refractivity contribution in [3.8, 4) is 0 Å². The number of hydrogen-bond acceptors (Lipinski definition) is 4. The van der Waals surface area contributed by atoms with Gasteiger partial charge in [0, 0.05) is 38.5 Å². The standard InChI is InChI=1S/C10H20N4O2/c1-8(2-3-10(16)13-11)14-6-4-9(15)12-5-7-14/h8H,2-7,11H2,1H3,(H,12,15)(H,13,16). The highest BCUT2D eigenvalue weighted by molar-refractivity contribution is 5.76. The summed E-state index contributed by atoms with van der Waals surface area (Å²) in [6.07, 6.45) is 1.72. The average Bonchev–Trinajstić information content (AvgIpc) is 2.50. The molecule has 1 saturated heterocycles. The average molecular weight is 228 g/mol. The molecule has 0 spiro atoms. The van der Waals surface area contributed by atoms with Crippen molar-refractivity contribution >= 4 is 11.8 Å². The fraction of sp³-hybridized carbons (Fsp3) is 0.800. The first kappa shape index (κ1) is 12.9. The monoisotopic (exact) mass is 228 g/mol. The number of nitrogens with zero attached hydrogens (tertiary/aromatic N) is 1. The zero-order valence-electron chi connectivity index (χ0n) is 9.66. The summed E-state index contributed by atoms with van der Waals surface area (Å²) in [5, 5.41) is 2.83. The van der Waals surface area contributed by atoms with E-state index in [4.69, 9.17) is 5.84 Å². The van der Waals surface area contributed by atoms with Crippen molar-refractivity contribution in [2.24, 2.45) is 5.84 Å². The minimum absolute atomic E-state index is 0.106. The van der Waals surface area contributed by atoms with Crippen molar-refractivity contribution in [3.63, 3.8) is 0 Å². The van der Waals surface area contributed by atoms with E-state index >= 15 is 0 Å². The molecule has 0 aromatic heterocycles. The molecule has 92 valence electrons. The van der Waals surface area contributed by atoms with Crippen LogP contribution in [0.1, 0.15) is 26.2 Å². The predicted octanol–water partition coefficient (Wildman–Crippen LogP) is -1.03. The van der Waals surface area contributed by atoms with Gasteiger partial charge in [0.2, 0.25) is 11.8 Å². The molecular formula is C10H20N4O2. The van der Waals surface area contributed by atoms with Gasteiger partial charge in [-0.15, -0.1) is 0 Å². The molecule has 0 aliphatic carbocycles. The lowest BCUT2D eigenvalue weighted by Gasteiger charge is -2.26. The van der Waals surface area contributed by atoms with E-state index < -0.39 is 0 Å². The number of nitrogens with one attached hydrogen (secondary N) is 2. The van der Waals surface area contributed by atoms with Gasteiger partial charge in [-0.05, 0) is 13.3 Å². The largest absolute Gasteiger partial charge is 0.355 e. The Balaban J connectivity index is 2.32. The van der Waals surface area contributed by atoms with Gasteiger partial charge in [-0.2, -0.15) is 0 Å². The highest BCUT2D eigenvalue weighted by atomic mass is 16.2. The van der Waals surface area contributed by atoms with Crippen LogP contribution in [0.15, 0.2) is 0 Å². The highest BCUT2D eigenvalue weighted by Crippen LogP contribution is 2.08. The van der Waals surface area contributed by atoms with Gasteiger partial charge in [-0.3, -0.25) is 19.9 Å². The lowest BCUT2D eigenvalue weighted by molar-refractivity contribution is -0.122. The number of nitrogens with two attached hydrogens (primary N) is 1. The van der Waals surface area contributed by atoms with Gasteiger partial charge in [0.15, 0.2) is 0 Å². The molecule has 0 aromatic rings. The molecule has 2 amide bonds. The Hall–Kier alpha value is -1.14. The van der Waals surface area contributed by atoms with Crippen LogP contribution in [0, 0.1) is 0 Å². The lowest BCUT2D eigenvalue weighted by atomic mass is 10.1. The summed E-state index contributed by atoms with van der Waals surface area (Å²) in [5.74, 6) is 4.98. The van der Waals surface area contributed by atoms with Crippen LogP contribution in [-0.2, 0) is 9.59 Å². The highest BCUT2D eigenvalue weighted by Gasteiger charge is 2.18. The Morgan fingerprint density at radius 2 is 2.38 bits per heavy atom. The van der Waals surface area contributed by atoms with Crippen molar-refractivity contribution in [1.29, 1.82) is 0 Å². The summed E-state index contributed by atoms with van der Waals surface area (Å²) in [5.41, 5.74) is 2.12. The molecule has 0 aromatic carbocycles. The predicted molar refractivity (Wildman–Crippen MR) is 60.2 cm³/mol. The van der Waals surface area contributed by atoms with Crippen LogP contribution in [0.3, 0.4) is 0 Å². The van der Waals surface area contributed by atoms with E-state index in [0.717, 1.165) is 19.5 Å². The molecule has 0 radical (unpaired) electrons. The molecule has 1 rings (SSSR count). The molecule has 0 bridgehead atoms. The summed E-state index contributed by atoms with van der Waals surface area (Å²) < 4.78 is 0. The van der Waals surface area contributed by atoms with E-state index in [1.807, 2.05) is 0 Å². The molecule has 1 heterocycles. The summed E-state index contributed by atoms with van der Waals surface area (Å²) in [6, 6.07) is 0.296. The van der Waals surface area contributed by atoms with Crippen LogP contribution in [0.5, 0.6) is 0 Å². The zero-order valence-corrected chi connectivity index (χ0v) is 9.66. The number of carbonyl (C=O) groups is 2. The van der Waals surface area contributed by atoms with Crippen molar-refractivity contribution in [2.45, 2.75) is 32.2 Å². The van der Waals surface area contributed by atoms with E-state index in [9.17, 15) is 9.59 Å². The van der Waals surface area contributed by atoms with Crippen molar-refractivity contribution in [1.82, 2.24) is 15.6 Å². The van der Waals surface area contributed by atoms with E-state index in [1.165, 1.54) is 0 Å². The normalized spacial score (nSPS) is 19.8. The number of hydrazine groups is 1. The minimum atomic E-state index is -0.143. The summed E-state index contributed by atoms with van der Waals surface area (Å²) >= 11 is 0. The van der Waals surface area contributed by atoms with E-state index in [0.29, 0.717) is 25.4 Å². The molecular weight excluding hydrogens is 208 g/mol. The third kappa shape index (κ3) is 4.16. The van der Waals surface area contributed by atoms with Crippen molar-refractivity contribution in [2.75, 3.05) is 19.6 Å². The molecule has 6 nitrogen and oxygen atoms in total. The fourth-order valence-electron chi connectivity index (χ4n) is 1.82. The molecule has 0 saturated carbocycles. The molecule has 1 atom stereocenters. The molecule has 6 heteroatoms. The summed E-state index contributed by atoms with van der Waals surface area (Å²) in [4.78, 5) is 24.4. The third-order valence-corrected chi connectivity index (χ3v) is 2.92. The maximum absolute atomic E-state index is 11.1. The van der Waals surface area contributed by atoms with Crippen LogP contribution >= 0.6 is 0 Å². The Bertz CT molecular complexity index is 257. The number of hydrogen-bond donors (Lipinski definition) is 3. The molecule has 1 aliphatic heterocycles. The van der Waals surface area contributed by atoms with E-state index in [-0.39, 0.29) is 11.8 Å². The summed E-state index contributed by atoms with van der Waals surface area (Å²) in [7, 11) is 0. The minimum Gasteiger partial charge on any atom is -0.355 e. The Morgan fingerprint density at radius 1 is 1.62 bits per heavy atom. The lowest BCUT2D eigenvalue weighted by Crippen LogP contribution is -2.37. The Morgan fingerprint density at radius 3 is 3.06 bits per heavy atom. The quantitative estimate of drug-likeness (QED) is 0.326. The first-order valence-electron chi connectivity index (χ1n) is 5.63. The first-order chi connectivity index (χ1) is 7.63. The van der Waals surface area contributed by atoms with Crippen molar-refractivity contribution < 1.29 is 9.59 Å². The van der Waals surface area contributed by atoms with Gasteiger partial charge >= 0.3 is 0 Å². The topological polar surface area (TPSA) is 87.5 Å². The Kier molecular flexibility index (Phi) is 5.21. The zero-order chi connectivity index (χ0) is 12.0. The second kappa shape index (κ2) is 6.44. The van der Waals surface area contributed by atoms with E-state index in [1.54, 1.807) is 0 Å². The van der Waals surface area contributed by atoms with Crippen LogP contribution in [0.25, 0.3) is 0 Å². The molecule has 4 N–H and O–H groups in total. The van der Waals surface area contributed by atoms with Gasteiger partial charge in [0.05, 0.1) is 0 Å². The van der Waals surface area contributed by atoms with Gasteiger partial charge in [-0.1, -0.05) is 0 Å². The van der Waals surface area contributed by atoms with Crippen LogP contribution < -0.4 is 16.6 Å². The van der Waals surface area contributed by atoms with Gasteiger partial charge in [0.1, 0.15) is 0 Å². The van der Waals surface area contributed by atoms with Crippen LogP contribution in [0.4, 0.5) is 0 Å². The second-order valence-electron chi connectivity index (χ2n) is 4.09. The van der Waals surface area contributed by atoms with Crippen molar-refractivity contribution in [3.05, 3.63) is 0 Å². The number of carbonyl (C=O) groups excluding carboxylic acids is 2. The SMILES string of the molecule is CC(CCC(=O)NN)N1CCNC(=O)CC1.